The number of benzene rings is 8. The fraction of sp³-hybridized carbons (Fsp3) is 0. The SMILES string of the molecule is c1ccc(-c2ccc(N(c3ccc(-c4cccc5ccccc45)cc3)c3c4oc(-c5ccccc5)nc4cc4c3oc3ccccc34)cc2)cc1. The maximum absolute atomic E-state index is 6.74. The van der Waals surface area contributed by atoms with Crippen molar-refractivity contribution in [3.8, 4) is 33.7 Å². The van der Waals surface area contributed by atoms with Crippen LogP contribution < -0.4 is 4.90 Å². The van der Waals surface area contributed by atoms with Crippen molar-refractivity contribution in [1.82, 2.24) is 4.98 Å². The first kappa shape index (κ1) is 29.0. The summed E-state index contributed by atoms with van der Waals surface area (Å²) in [6.07, 6.45) is 0. The molecular formula is C47H30N2O2. The Bertz CT molecular complexity index is 2830. The van der Waals surface area contributed by atoms with Crippen LogP contribution in [0.1, 0.15) is 0 Å². The largest absolute Gasteiger partial charge is 0.454 e. The van der Waals surface area contributed by atoms with E-state index in [1.807, 2.05) is 54.6 Å². The van der Waals surface area contributed by atoms with Crippen molar-refractivity contribution in [2.75, 3.05) is 4.90 Å². The molecule has 8 aromatic carbocycles. The van der Waals surface area contributed by atoms with Gasteiger partial charge in [-0.1, -0.05) is 133 Å². The Hall–Kier alpha value is -6.91. The minimum absolute atomic E-state index is 0.564. The highest BCUT2D eigenvalue weighted by Gasteiger charge is 2.26. The molecule has 0 bridgehead atoms. The third kappa shape index (κ3) is 4.96. The van der Waals surface area contributed by atoms with Crippen LogP contribution in [0.25, 0.3) is 77.5 Å². The molecule has 4 nitrogen and oxygen atoms in total. The molecule has 0 amide bonds. The van der Waals surface area contributed by atoms with Gasteiger partial charge in [-0.05, 0) is 81.6 Å². The Kier molecular flexibility index (Phi) is 6.78. The standard InChI is InChI=1S/C47H30N2O2/c1-3-12-31(13-4-1)32-22-26-36(27-23-32)49(37-28-24-34(25-29-37)39-20-11-17-33-14-7-8-18-38(33)39)44-45-41(40-19-9-10-21-43(40)50-45)30-42-46(44)51-47(48-42)35-15-5-2-6-16-35/h1-30H. The number of rotatable bonds is 6. The summed E-state index contributed by atoms with van der Waals surface area (Å²) in [4.78, 5) is 7.30. The zero-order valence-electron chi connectivity index (χ0n) is 27.5. The lowest BCUT2D eigenvalue weighted by Gasteiger charge is -2.26. The van der Waals surface area contributed by atoms with Gasteiger partial charge in [0.05, 0.1) is 0 Å². The number of para-hydroxylation sites is 1. The average molecular weight is 655 g/mol. The minimum Gasteiger partial charge on any atom is -0.454 e. The predicted octanol–water partition coefficient (Wildman–Crippen LogP) is 13.4. The average Bonchev–Trinajstić information content (AvgIpc) is 3.81. The quantitative estimate of drug-likeness (QED) is 0.179. The van der Waals surface area contributed by atoms with Crippen LogP contribution in [-0.4, -0.2) is 4.98 Å². The highest BCUT2D eigenvalue weighted by Crippen LogP contribution is 2.48. The van der Waals surface area contributed by atoms with Crippen LogP contribution in [0.2, 0.25) is 0 Å². The van der Waals surface area contributed by atoms with E-state index in [1.54, 1.807) is 0 Å². The van der Waals surface area contributed by atoms with E-state index in [0.29, 0.717) is 11.5 Å². The molecule has 0 saturated heterocycles. The van der Waals surface area contributed by atoms with Crippen molar-refractivity contribution in [3.05, 3.63) is 182 Å². The van der Waals surface area contributed by atoms with Crippen LogP contribution in [0.3, 0.4) is 0 Å². The molecule has 0 unspecified atom stereocenters. The highest BCUT2D eigenvalue weighted by molar-refractivity contribution is 6.17. The van der Waals surface area contributed by atoms with Crippen LogP contribution in [0.5, 0.6) is 0 Å². The van der Waals surface area contributed by atoms with Crippen molar-refractivity contribution in [2.24, 2.45) is 0 Å². The number of fused-ring (bicyclic) bond motifs is 5. The summed E-state index contributed by atoms with van der Waals surface area (Å²) in [7, 11) is 0. The fourth-order valence-corrected chi connectivity index (χ4v) is 7.24. The normalized spacial score (nSPS) is 11.5. The number of hydrogen-bond donors (Lipinski definition) is 0. The lowest BCUT2D eigenvalue weighted by Crippen LogP contribution is -2.10. The molecule has 0 aliphatic rings. The molecular weight excluding hydrogens is 625 g/mol. The summed E-state index contributed by atoms with van der Waals surface area (Å²) in [5.74, 6) is 0.564. The van der Waals surface area contributed by atoms with Crippen LogP contribution >= 0.6 is 0 Å². The van der Waals surface area contributed by atoms with E-state index < -0.39 is 0 Å². The van der Waals surface area contributed by atoms with E-state index in [9.17, 15) is 0 Å². The first-order valence-electron chi connectivity index (χ1n) is 17.1. The topological polar surface area (TPSA) is 42.4 Å². The molecule has 0 radical (unpaired) electrons. The Morgan fingerprint density at radius 2 is 1.00 bits per heavy atom. The lowest BCUT2D eigenvalue weighted by atomic mass is 9.98. The molecule has 2 aromatic heterocycles. The van der Waals surface area contributed by atoms with E-state index in [-0.39, 0.29) is 0 Å². The van der Waals surface area contributed by atoms with E-state index in [0.717, 1.165) is 61.2 Å². The van der Waals surface area contributed by atoms with Crippen LogP contribution in [0.4, 0.5) is 17.1 Å². The highest BCUT2D eigenvalue weighted by atomic mass is 16.4. The molecule has 4 heteroatoms. The Morgan fingerprint density at radius 3 is 1.75 bits per heavy atom. The number of anilines is 3. The summed E-state index contributed by atoms with van der Waals surface area (Å²) in [5, 5.41) is 4.47. The molecule has 0 spiro atoms. The molecule has 10 aromatic rings. The second-order valence-electron chi connectivity index (χ2n) is 12.8. The third-order valence-corrected chi connectivity index (χ3v) is 9.70. The Morgan fingerprint density at radius 1 is 0.412 bits per heavy atom. The number of oxazole rings is 1. The molecule has 0 aliphatic heterocycles. The molecule has 0 N–H and O–H groups in total. The number of hydrogen-bond acceptors (Lipinski definition) is 4. The second-order valence-corrected chi connectivity index (χ2v) is 12.8. The Labute approximate surface area is 294 Å². The van der Waals surface area contributed by atoms with Crippen molar-refractivity contribution in [1.29, 1.82) is 0 Å². The summed E-state index contributed by atoms with van der Waals surface area (Å²) in [5.41, 5.74) is 11.3. The van der Waals surface area contributed by atoms with Gasteiger partial charge < -0.3 is 13.7 Å². The molecule has 51 heavy (non-hydrogen) atoms. The first-order chi connectivity index (χ1) is 25.3. The van der Waals surface area contributed by atoms with Crippen molar-refractivity contribution in [3.63, 3.8) is 0 Å². The number of nitrogens with zero attached hydrogens (tertiary/aromatic N) is 2. The van der Waals surface area contributed by atoms with Gasteiger partial charge in [-0.2, -0.15) is 0 Å². The lowest BCUT2D eigenvalue weighted by molar-refractivity contribution is 0.618. The van der Waals surface area contributed by atoms with Crippen LogP contribution in [0.15, 0.2) is 191 Å². The van der Waals surface area contributed by atoms with Gasteiger partial charge in [0.2, 0.25) is 5.89 Å². The van der Waals surface area contributed by atoms with Gasteiger partial charge in [-0.25, -0.2) is 4.98 Å². The van der Waals surface area contributed by atoms with Gasteiger partial charge in [0.1, 0.15) is 16.8 Å². The third-order valence-electron chi connectivity index (χ3n) is 9.70. The Balaban J connectivity index is 1.22. The number of aromatic nitrogens is 1. The van der Waals surface area contributed by atoms with E-state index in [4.69, 9.17) is 13.8 Å². The van der Waals surface area contributed by atoms with Gasteiger partial charge in [0.15, 0.2) is 11.2 Å². The van der Waals surface area contributed by atoms with E-state index in [2.05, 4.69) is 132 Å². The zero-order valence-corrected chi connectivity index (χ0v) is 27.5. The molecule has 0 fully saturated rings. The van der Waals surface area contributed by atoms with Crippen molar-refractivity contribution >= 4 is 60.9 Å². The van der Waals surface area contributed by atoms with Gasteiger partial charge in [-0.15, -0.1) is 0 Å². The monoisotopic (exact) mass is 654 g/mol. The summed E-state index contributed by atoms with van der Waals surface area (Å²) >= 11 is 0. The molecule has 0 saturated carbocycles. The number of furan rings is 1. The van der Waals surface area contributed by atoms with Gasteiger partial charge >= 0.3 is 0 Å². The second kappa shape index (κ2) is 11.9. The molecule has 0 atom stereocenters. The van der Waals surface area contributed by atoms with Gasteiger partial charge in [-0.3, -0.25) is 0 Å². The fourth-order valence-electron chi connectivity index (χ4n) is 7.24. The molecule has 10 rings (SSSR count). The van der Waals surface area contributed by atoms with Crippen molar-refractivity contribution < 1.29 is 8.83 Å². The van der Waals surface area contributed by atoms with E-state index in [1.165, 1.54) is 21.9 Å². The molecule has 240 valence electrons. The van der Waals surface area contributed by atoms with E-state index >= 15 is 0 Å². The van der Waals surface area contributed by atoms with Gasteiger partial charge in [0.25, 0.3) is 0 Å². The summed E-state index contributed by atoms with van der Waals surface area (Å²) in [6.45, 7) is 0. The minimum atomic E-state index is 0.564. The van der Waals surface area contributed by atoms with Crippen molar-refractivity contribution in [2.45, 2.75) is 0 Å². The maximum Gasteiger partial charge on any atom is 0.227 e. The zero-order chi connectivity index (χ0) is 33.7. The van der Waals surface area contributed by atoms with Crippen LogP contribution in [0, 0.1) is 0 Å². The molecule has 2 heterocycles. The smallest absolute Gasteiger partial charge is 0.227 e. The predicted molar refractivity (Wildman–Crippen MR) is 210 cm³/mol. The van der Waals surface area contributed by atoms with Crippen LogP contribution in [-0.2, 0) is 0 Å². The first-order valence-corrected chi connectivity index (χ1v) is 17.1. The van der Waals surface area contributed by atoms with Gasteiger partial charge in [0, 0.05) is 27.7 Å². The summed E-state index contributed by atoms with van der Waals surface area (Å²) in [6, 6.07) is 63.2. The maximum atomic E-state index is 6.74. The molecule has 0 aliphatic carbocycles. The summed E-state index contributed by atoms with van der Waals surface area (Å²) < 4.78 is 13.5.